The van der Waals surface area contributed by atoms with Gasteiger partial charge in [0.1, 0.15) is 5.82 Å². The number of hydrogen-bond acceptors (Lipinski definition) is 2. The van der Waals surface area contributed by atoms with Crippen molar-refractivity contribution >= 4 is 5.69 Å². The molecule has 2 nitrogen and oxygen atoms in total. The van der Waals surface area contributed by atoms with E-state index in [1.54, 1.807) is 13.0 Å². The van der Waals surface area contributed by atoms with Gasteiger partial charge in [0.25, 0.3) is 0 Å². The summed E-state index contributed by atoms with van der Waals surface area (Å²) >= 11 is 0. The maximum Gasteiger partial charge on any atom is 0.131 e. The van der Waals surface area contributed by atoms with Crippen molar-refractivity contribution in [1.29, 1.82) is 0 Å². The van der Waals surface area contributed by atoms with Crippen molar-refractivity contribution in [1.82, 2.24) is 0 Å². The number of benzene rings is 1. The molecule has 3 atom stereocenters. The van der Waals surface area contributed by atoms with E-state index in [0.29, 0.717) is 17.5 Å². The summed E-state index contributed by atoms with van der Waals surface area (Å²) < 4.78 is 13.8. The van der Waals surface area contributed by atoms with Gasteiger partial charge in [-0.15, -0.1) is 0 Å². The van der Waals surface area contributed by atoms with Gasteiger partial charge in [0.15, 0.2) is 0 Å². The second kappa shape index (κ2) is 4.65. The molecule has 0 radical (unpaired) electrons. The molecule has 3 heteroatoms. The van der Waals surface area contributed by atoms with Crippen LogP contribution >= 0.6 is 0 Å². The molecule has 1 N–H and O–H groups in total. The second-order valence-electron chi connectivity index (χ2n) is 5.19. The lowest BCUT2D eigenvalue weighted by Crippen LogP contribution is -2.28. The Kier molecular flexibility index (Phi) is 3.38. The van der Waals surface area contributed by atoms with E-state index in [1.807, 2.05) is 6.07 Å². The van der Waals surface area contributed by atoms with Crippen LogP contribution < -0.4 is 4.90 Å². The Hall–Kier alpha value is -1.09. The monoisotopic (exact) mass is 237 g/mol. The average Bonchev–Trinajstić information content (AvgIpc) is 2.56. The smallest absolute Gasteiger partial charge is 0.131 e. The van der Waals surface area contributed by atoms with Gasteiger partial charge in [0.2, 0.25) is 0 Å². The standard InChI is InChI=1S/C14H20FNO/c1-9-7-10(2)16(8-9)13-6-4-5-12(15)14(13)11(3)17/h4-6,9-11,17H,7-8H2,1-3H3. The van der Waals surface area contributed by atoms with E-state index in [1.165, 1.54) is 6.07 Å². The minimum Gasteiger partial charge on any atom is -0.389 e. The lowest BCUT2D eigenvalue weighted by molar-refractivity contribution is 0.194. The highest BCUT2D eigenvalue weighted by atomic mass is 19.1. The summed E-state index contributed by atoms with van der Waals surface area (Å²) in [6, 6.07) is 5.44. The molecule has 0 saturated carbocycles. The van der Waals surface area contributed by atoms with Gasteiger partial charge in [0.05, 0.1) is 6.10 Å². The zero-order valence-electron chi connectivity index (χ0n) is 10.7. The lowest BCUT2D eigenvalue weighted by atomic mass is 10.1. The third kappa shape index (κ3) is 2.29. The number of aliphatic hydroxyl groups excluding tert-OH is 1. The zero-order chi connectivity index (χ0) is 12.6. The Labute approximate surface area is 102 Å². The molecule has 2 rings (SSSR count). The van der Waals surface area contributed by atoms with Crippen LogP contribution in [0.3, 0.4) is 0 Å². The SMILES string of the molecule is CC1CC(C)N(c2cccc(F)c2C(C)O)C1. The summed E-state index contributed by atoms with van der Waals surface area (Å²) in [7, 11) is 0. The van der Waals surface area contributed by atoms with Crippen LogP contribution in [-0.4, -0.2) is 17.7 Å². The number of aliphatic hydroxyl groups is 1. The summed E-state index contributed by atoms with van der Waals surface area (Å²) in [5.41, 5.74) is 1.27. The molecular formula is C14H20FNO. The normalized spacial score (nSPS) is 26.3. The van der Waals surface area contributed by atoms with Crippen molar-refractivity contribution in [2.45, 2.75) is 39.3 Å². The first-order chi connectivity index (χ1) is 8.00. The first-order valence-electron chi connectivity index (χ1n) is 6.23. The molecule has 94 valence electrons. The Morgan fingerprint density at radius 2 is 2.12 bits per heavy atom. The van der Waals surface area contributed by atoms with E-state index in [4.69, 9.17) is 0 Å². The summed E-state index contributed by atoms with van der Waals surface area (Å²) in [6.45, 7) is 6.91. The van der Waals surface area contributed by atoms with Crippen LogP contribution in [0, 0.1) is 11.7 Å². The molecule has 0 bridgehead atoms. The largest absolute Gasteiger partial charge is 0.389 e. The van der Waals surface area contributed by atoms with Crippen LogP contribution in [0.1, 0.15) is 38.9 Å². The summed E-state index contributed by atoms with van der Waals surface area (Å²) in [5.74, 6) is 0.305. The van der Waals surface area contributed by atoms with Gasteiger partial charge in [-0.25, -0.2) is 4.39 Å². The predicted molar refractivity (Wildman–Crippen MR) is 67.6 cm³/mol. The van der Waals surface area contributed by atoms with E-state index in [2.05, 4.69) is 18.7 Å². The van der Waals surface area contributed by atoms with Crippen molar-refractivity contribution in [3.8, 4) is 0 Å². The third-order valence-electron chi connectivity index (χ3n) is 3.54. The number of anilines is 1. The van der Waals surface area contributed by atoms with Gasteiger partial charge < -0.3 is 10.0 Å². The highest BCUT2D eigenvalue weighted by molar-refractivity contribution is 5.56. The average molecular weight is 237 g/mol. The Bertz CT molecular complexity index is 405. The maximum absolute atomic E-state index is 13.8. The van der Waals surface area contributed by atoms with Gasteiger partial charge in [-0.3, -0.25) is 0 Å². The van der Waals surface area contributed by atoms with Crippen LogP contribution in [0.15, 0.2) is 18.2 Å². The molecule has 3 unspecified atom stereocenters. The van der Waals surface area contributed by atoms with Crippen LogP contribution in [0.4, 0.5) is 10.1 Å². The minimum atomic E-state index is -0.769. The van der Waals surface area contributed by atoms with Gasteiger partial charge in [-0.05, 0) is 38.3 Å². The molecular weight excluding hydrogens is 217 g/mol. The predicted octanol–water partition coefficient (Wildman–Crippen LogP) is 3.11. The van der Waals surface area contributed by atoms with Gasteiger partial charge >= 0.3 is 0 Å². The lowest BCUT2D eigenvalue weighted by Gasteiger charge is -2.27. The Balaban J connectivity index is 2.41. The summed E-state index contributed by atoms with van der Waals surface area (Å²) in [6.07, 6.45) is 0.352. The Morgan fingerprint density at radius 1 is 1.41 bits per heavy atom. The maximum atomic E-state index is 13.8. The molecule has 17 heavy (non-hydrogen) atoms. The van der Waals surface area contributed by atoms with Crippen LogP contribution in [0.25, 0.3) is 0 Å². The molecule has 1 saturated heterocycles. The quantitative estimate of drug-likeness (QED) is 0.854. The van der Waals surface area contributed by atoms with E-state index in [9.17, 15) is 9.50 Å². The molecule has 1 heterocycles. The number of nitrogens with zero attached hydrogens (tertiary/aromatic N) is 1. The molecule has 1 aliphatic rings. The van der Waals surface area contributed by atoms with E-state index >= 15 is 0 Å². The fourth-order valence-electron chi connectivity index (χ4n) is 2.83. The molecule has 0 aliphatic carbocycles. The summed E-state index contributed by atoms with van der Waals surface area (Å²) in [5, 5.41) is 9.73. The highest BCUT2D eigenvalue weighted by Gasteiger charge is 2.29. The first kappa shape index (κ1) is 12.4. The van der Waals surface area contributed by atoms with Crippen molar-refractivity contribution in [3.05, 3.63) is 29.6 Å². The van der Waals surface area contributed by atoms with Crippen LogP contribution in [0.2, 0.25) is 0 Å². The Morgan fingerprint density at radius 3 is 2.65 bits per heavy atom. The molecule has 1 aromatic carbocycles. The van der Waals surface area contributed by atoms with Crippen molar-refractivity contribution in [2.75, 3.05) is 11.4 Å². The van der Waals surface area contributed by atoms with Gasteiger partial charge in [-0.1, -0.05) is 13.0 Å². The first-order valence-corrected chi connectivity index (χ1v) is 6.23. The zero-order valence-corrected chi connectivity index (χ0v) is 10.7. The molecule has 0 amide bonds. The topological polar surface area (TPSA) is 23.5 Å². The van der Waals surface area contributed by atoms with E-state index in [0.717, 1.165) is 18.7 Å². The molecule has 1 fully saturated rings. The minimum absolute atomic E-state index is 0.316. The van der Waals surface area contributed by atoms with Crippen LogP contribution in [-0.2, 0) is 0 Å². The van der Waals surface area contributed by atoms with Crippen molar-refractivity contribution < 1.29 is 9.50 Å². The van der Waals surface area contributed by atoms with Crippen molar-refractivity contribution in [2.24, 2.45) is 5.92 Å². The number of rotatable bonds is 2. The molecule has 1 aliphatic heterocycles. The van der Waals surface area contributed by atoms with E-state index in [-0.39, 0.29) is 5.82 Å². The van der Waals surface area contributed by atoms with Crippen molar-refractivity contribution in [3.63, 3.8) is 0 Å². The third-order valence-corrected chi connectivity index (χ3v) is 3.54. The molecule has 0 spiro atoms. The van der Waals surface area contributed by atoms with E-state index < -0.39 is 6.10 Å². The second-order valence-corrected chi connectivity index (χ2v) is 5.19. The summed E-state index contributed by atoms with van der Waals surface area (Å²) in [4.78, 5) is 2.20. The van der Waals surface area contributed by atoms with Crippen LogP contribution in [0.5, 0.6) is 0 Å². The number of hydrogen-bond donors (Lipinski definition) is 1. The molecule has 1 aromatic rings. The number of halogens is 1. The fraction of sp³-hybridized carbons (Fsp3) is 0.571. The van der Waals surface area contributed by atoms with Gasteiger partial charge in [-0.2, -0.15) is 0 Å². The molecule has 0 aromatic heterocycles. The van der Waals surface area contributed by atoms with Gasteiger partial charge in [0, 0.05) is 23.8 Å². The highest BCUT2D eigenvalue weighted by Crippen LogP contribution is 2.35. The fourth-order valence-corrected chi connectivity index (χ4v) is 2.83.